The molecule has 3 nitrogen and oxygen atoms in total. The molecule has 0 fully saturated rings. The van der Waals surface area contributed by atoms with E-state index in [9.17, 15) is 0 Å². The van der Waals surface area contributed by atoms with Crippen LogP contribution in [0.15, 0.2) is 58.3 Å². The predicted octanol–water partition coefficient (Wildman–Crippen LogP) is 6.52. The fraction of sp³-hybridized carbons (Fsp3) is 0.478. The van der Waals surface area contributed by atoms with Crippen LogP contribution in [0, 0.1) is 6.92 Å². The van der Waals surface area contributed by atoms with E-state index in [4.69, 9.17) is 13.3 Å². The zero-order chi connectivity index (χ0) is 20.2. The SMILES string of the molecule is CCO[Si](CCCCc1cccc(Sc2ccc(C)cc2)c1)(OCC)OCC. The van der Waals surface area contributed by atoms with Gasteiger partial charge >= 0.3 is 8.80 Å². The van der Waals surface area contributed by atoms with Crippen LogP contribution < -0.4 is 0 Å². The molecule has 0 heterocycles. The number of rotatable bonds is 13. The smallest absolute Gasteiger partial charge is 0.374 e. The van der Waals surface area contributed by atoms with Gasteiger partial charge in [-0.15, -0.1) is 0 Å². The third-order valence-corrected chi connectivity index (χ3v) is 8.60. The van der Waals surface area contributed by atoms with Crippen molar-refractivity contribution in [3.8, 4) is 0 Å². The second-order valence-corrected chi connectivity index (χ2v) is 10.6. The van der Waals surface area contributed by atoms with E-state index in [-0.39, 0.29) is 0 Å². The maximum atomic E-state index is 5.95. The molecule has 28 heavy (non-hydrogen) atoms. The average molecular weight is 419 g/mol. The van der Waals surface area contributed by atoms with Crippen LogP contribution in [0.2, 0.25) is 6.04 Å². The van der Waals surface area contributed by atoms with Gasteiger partial charge in [-0.25, -0.2) is 0 Å². The van der Waals surface area contributed by atoms with Gasteiger partial charge in [-0.05, 0) is 76.8 Å². The van der Waals surface area contributed by atoms with Crippen molar-refractivity contribution in [1.82, 2.24) is 0 Å². The standard InChI is InChI=1S/C23H34O3SSi/c1-5-24-28(25-6-2,26-7-3)18-9-8-11-21-12-10-13-23(19-21)27-22-16-14-20(4)15-17-22/h10,12-17,19H,5-9,11,18H2,1-4H3. The summed E-state index contributed by atoms with van der Waals surface area (Å²) in [4.78, 5) is 2.58. The molecule has 0 spiro atoms. The van der Waals surface area contributed by atoms with Crippen LogP contribution in [0.5, 0.6) is 0 Å². The molecular weight excluding hydrogens is 384 g/mol. The molecule has 0 unspecified atom stereocenters. The van der Waals surface area contributed by atoms with Crippen molar-refractivity contribution < 1.29 is 13.3 Å². The molecular formula is C23H34O3SSi. The molecule has 0 atom stereocenters. The Morgan fingerprint density at radius 2 is 1.43 bits per heavy atom. The first-order valence-corrected chi connectivity index (χ1v) is 13.1. The molecule has 0 aromatic heterocycles. The van der Waals surface area contributed by atoms with E-state index in [1.807, 2.05) is 32.5 Å². The van der Waals surface area contributed by atoms with E-state index in [1.165, 1.54) is 20.9 Å². The molecule has 0 N–H and O–H groups in total. The van der Waals surface area contributed by atoms with Gasteiger partial charge in [0.25, 0.3) is 0 Å². The Bertz CT molecular complexity index is 673. The Kier molecular flexibility index (Phi) is 10.3. The number of benzene rings is 2. The highest BCUT2D eigenvalue weighted by Gasteiger charge is 2.39. The Morgan fingerprint density at radius 3 is 2.04 bits per heavy atom. The molecule has 0 bridgehead atoms. The van der Waals surface area contributed by atoms with Crippen molar-refractivity contribution in [3.63, 3.8) is 0 Å². The van der Waals surface area contributed by atoms with Gasteiger partial charge in [-0.2, -0.15) is 0 Å². The second kappa shape index (κ2) is 12.4. The fourth-order valence-electron chi connectivity index (χ4n) is 3.18. The third-order valence-electron chi connectivity index (χ3n) is 4.45. The van der Waals surface area contributed by atoms with E-state index in [2.05, 4.69) is 55.5 Å². The summed E-state index contributed by atoms with van der Waals surface area (Å²) in [5.41, 5.74) is 2.68. The van der Waals surface area contributed by atoms with Crippen molar-refractivity contribution in [1.29, 1.82) is 0 Å². The van der Waals surface area contributed by atoms with Crippen LogP contribution in [0.4, 0.5) is 0 Å². The summed E-state index contributed by atoms with van der Waals surface area (Å²) >= 11 is 1.82. The molecule has 0 aliphatic rings. The maximum Gasteiger partial charge on any atom is 0.500 e. The van der Waals surface area contributed by atoms with Gasteiger partial charge in [0.2, 0.25) is 0 Å². The molecule has 0 aliphatic carbocycles. The highest BCUT2D eigenvalue weighted by atomic mass is 32.2. The van der Waals surface area contributed by atoms with E-state index < -0.39 is 8.80 Å². The first kappa shape index (κ1) is 23.2. The van der Waals surface area contributed by atoms with Crippen molar-refractivity contribution in [2.24, 2.45) is 0 Å². The topological polar surface area (TPSA) is 27.7 Å². The summed E-state index contributed by atoms with van der Waals surface area (Å²) < 4.78 is 17.8. The van der Waals surface area contributed by atoms with Gasteiger partial charge in [0.05, 0.1) is 0 Å². The molecule has 0 saturated carbocycles. The van der Waals surface area contributed by atoms with Crippen LogP contribution in [0.1, 0.15) is 44.7 Å². The molecule has 5 heteroatoms. The molecule has 154 valence electrons. The molecule has 0 amide bonds. The summed E-state index contributed by atoms with van der Waals surface area (Å²) in [6, 6.07) is 18.5. The largest absolute Gasteiger partial charge is 0.500 e. The minimum atomic E-state index is -2.50. The van der Waals surface area contributed by atoms with Gasteiger partial charge < -0.3 is 13.3 Å². The number of hydrogen-bond acceptors (Lipinski definition) is 4. The Labute approximate surface area is 176 Å². The Morgan fingerprint density at radius 1 is 0.786 bits per heavy atom. The highest BCUT2D eigenvalue weighted by molar-refractivity contribution is 7.99. The van der Waals surface area contributed by atoms with Gasteiger partial charge in [0, 0.05) is 35.7 Å². The average Bonchev–Trinajstić information content (AvgIpc) is 2.68. The van der Waals surface area contributed by atoms with E-state index in [0.29, 0.717) is 19.8 Å². The molecule has 0 radical (unpaired) electrons. The van der Waals surface area contributed by atoms with Crippen molar-refractivity contribution >= 4 is 20.6 Å². The molecule has 2 aromatic carbocycles. The van der Waals surface area contributed by atoms with Crippen LogP contribution in [0.3, 0.4) is 0 Å². The summed E-state index contributed by atoms with van der Waals surface area (Å²) in [7, 11) is -2.50. The second-order valence-electron chi connectivity index (χ2n) is 6.75. The minimum Gasteiger partial charge on any atom is -0.374 e. The zero-order valence-electron chi connectivity index (χ0n) is 17.7. The van der Waals surface area contributed by atoms with Crippen LogP contribution in [0.25, 0.3) is 0 Å². The molecule has 2 aromatic rings. The monoisotopic (exact) mass is 418 g/mol. The first-order valence-electron chi connectivity index (χ1n) is 10.4. The van der Waals surface area contributed by atoms with Gasteiger partial charge in [0.1, 0.15) is 0 Å². The summed E-state index contributed by atoms with van der Waals surface area (Å²) in [6.45, 7) is 10.1. The number of hydrogen-bond donors (Lipinski definition) is 0. The fourth-order valence-corrected chi connectivity index (χ4v) is 6.77. The Balaban J connectivity index is 1.87. The Hall–Kier alpha value is -1.11. The van der Waals surface area contributed by atoms with Crippen molar-refractivity contribution in [3.05, 3.63) is 59.7 Å². The van der Waals surface area contributed by atoms with Gasteiger partial charge in [-0.1, -0.05) is 41.6 Å². The van der Waals surface area contributed by atoms with Crippen LogP contribution in [-0.4, -0.2) is 28.6 Å². The first-order chi connectivity index (χ1) is 13.6. The molecule has 2 rings (SSSR count). The number of aryl methyl sites for hydroxylation is 2. The lowest BCUT2D eigenvalue weighted by Crippen LogP contribution is -2.45. The third kappa shape index (κ3) is 7.72. The van der Waals surface area contributed by atoms with E-state index >= 15 is 0 Å². The lowest BCUT2D eigenvalue weighted by atomic mass is 10.1. The normalized spacial score (nSPS) is 11.7. The van der Waals surface area contributed by atoms with E-state index in [1.54, 1.807) is 0 Å². The van der Waals surface area contributed by atoms with Gasteiger partial charge in [0.15, 0.2) is 0 Å². The highest BCUT2D eigenvalue weighted by Crippen LogP contribution is 2.29. The van der Waals surface area contributed by atoms with Crippen LogP contribution >= 0.6 is 11.8 Å². The maximum absolute atomic E-state index is 5.95. The van der Waals surface area contributed by atoms with E-state index in [0.717, 1.165) is 25.3 Å². The lowest BCUT2D eigenvalue weighted by Gasteiger charge is -2.28. The predicted molar refractivity (Wildman–Crippen MR) is 120 cm³/mol. The molecule has 0 aliphatic heterocycles. The summed E-state index contributed by atoms with van der Waals surface area (Å²) in [5, 5.41) is 0. The van der Waals surface area contributed by atoms with Crippen molar-refractivity contribution in [2.75, 3.05) is 19.8 Å². The molecule has 0 saturated heterocycles. The lowest BCUT2D eigenvalue weighted by molar-refractivity contribution is 0.0707. The quantitative estimate of drug-likeness (QED) is 0.273. The number of unbranched alkanes of at least 4 members (excludes halogenated alkanes) is 1. The van der Waals surface area contributed by atoms with Crippen molar-refractivity contribution in [2.45, 2.75) is 62.8 Å². The zero-order valence-corrected chi connectivity index (χ0v) is 19.5. The van der Waals surface area contributed by atoms with Gasteiger partial charge in [-0.3, -0.25) is 0 Å². The summed E-state index contributed by atoms with van der Waals surface area (Å²) in [6.07, 6.45) is 3.24. The minimum absolute atomic E-state index is 0.643. The van der Waals surface area contributed by atoms with Crippen LogP contribution in [-0.2, 0) is 19.7 Å². The summed E-state index contributed by atoms with van der Waals surface area (Å²) in [5.74, 6) is 0.